The molecule has 0 aromatic carbocycles. The predicted octanol–water partition coefficient (Wildman–Crippen LogP) is 3.64. The van der Waals surface area contributed by atoms with E-state index in [4.69, 9.17) is 10.5 Å². The zero-order valence-electron chi connectivity index (χ0n) is 21.4. The lowest BCUT2D eigenvalue weighted by Crippen LogP contribution is -2.75. The molecular weight excluding hydrogens is 445 g/mol. The number of anilines is 1. The standard InChI is InChI=1S/C22H42FN3O4Si2/c1-19(2,3)31(8,9)16(27)15-22(29,32(10,11)20(4,5)6)21(7,23)17(30-15)26-13-12-14(24)25-18(26)28/h12-13,15-17,27,29H,1-11H3,(H2,24,25,28)/t15-,16?,17-,21-,22+/m1/s1. The molecule has 32 heavy (non-hydrogen) atoms. The molecule has 10 heteroatoms. The van der Waals surface area contributed by atoms with Crippen molar-refractivity contribution in [3.63, 3.8) is 0 Å². The normalized spacial score (nSPS) is 31.1. The first-order chi connectivity index (χ1) is 14.0. The van der Waals surface area contributed by atoms with Gasteiger partial charge in [-0.1, -0.05) is 67.7 Å². The Kier molecular flexibility index (Phi) is 6.56. The maximum absolute atomic E-state index is 17.0. The van der Waals surface area contributed by atoms with E-state index in [-0.39, 0.29) is 10.9 Å². The molecule has 0 radical (unpaired) electrons. The van der Waals surface area contributed by atoms with E-state index >= 15 is 4.39 Å². The van der Waals surface area contributed by atoms with Crippen molar-refractivity contribution in [3.8, 4) is 0 Å². The maximum Gasteiger partial charge on any atom is 0.351 e. The molecule has 5 atom stereocenters. The topological polar surface area (TPSA) is 111 Å². The van der Waals surface area contributed by atoms with Crippen LogP contribution >= 0.6 is 0 Å². The number of alkyl halides is 1. The Balaban J connectivity index is 2.82. The monoisotopic (exact) mass is 487 g/mol. The highest BCUT2D eigenvalue weighted by molar-refractivity contribution is 6.84. The second-order valence-electron chi connectivity index (χ2n) is 12.6. The highest BCUT2D eigenvalue weighted by Crippen LogP contribution is 2.59. The molecule has 0 spiro atoms. The molecule has 184 valence electrons. The Labute approximate surface area is 193 Å². The molecule has 0 aliphatic carbocycles. The first kappa shape index (κ1) is 27.2. The fraction of sp³-hybridized carbons (Fsp3) is 0.818. The van der Waals surface area contributed by atoms with E-state index in [1.54, 1.807) is 0 Å². The third-order valence-corrected chi connectivity index (χ3v) is 20.9. The summed E-state index contributed by atoms with van der Waals surface area (Å²) in [4.78, 5) is 16.3. The third kappa shape index (κ3) is 3.71. The molecule has 1 unspecified atom stereocenters. The molecule has 4 N–H and O–H groups in total. The third-order valence-electron chi connectivity index (χ3n) is 8.79. The summed E-state index contributed by atoms with van der Waals surface area (Å²) in [6.45, 7) is 21.2. The van der Waals surface area contributed by atoms with Gasteiger partial charge in [-0.05, 0) is 23.1 Å². The van der Waals surface area contributed by atoms with Gasteiger partial charge in [-0.3, -0.25) is 4.57 Å². The van der Waals surface area contributed by atoms with Gasteiger partial charge in [-0.25, -0.2) is 9.18 Å². The minimum atomic E-state index is -2.94. The molecule has 1 saturated heterocycles. The summed E-state index contributed by atoms with van der Waals surface area (Å²) in [7, 11) is -5.45. The summed E-state index contributed by atoms with van der Waals surface area (Å²) < 4.78 is 24.2. The van der Waals surface area contributed by atoms with Crippen LogP contribution in [0.4, 0.5) is 10.2 Å². The van der Waals surface area contributed by atoms with Crippen LogP contribution in [0.3, 0.4) is 0 Å². The summed E-state index contributed by atoms with van der Waals surface area (Å²) in [5.41, 5.74) is 1.41. The van der Waals surface area contributed by atoms with Crippen molar-refractivity contribution in [3.05, 3.63) is 22.7 Å². The van der Waals surface area contributed by atoms with E-state index in [9.17, 15) is 15.0 Å². The highest BCUT2D eigenvalue weighted by atomic mass is 28.3. The fourth-order valence-corrected chi connectivity index (χ4v) is 9.98. The van der Waals surface area contributed by atoms with Crippen LogP contribution in [-0.2, 0) is 4.74 Å². The first-order valence-electron chi connectivity index (χ1n) is 11.1. The molecular formula is C22H42FN3O4Si2. The lowest BCUT2D eigenvalue weighted by Gasteiger charge is -2.55. The summed E-state index contributed by atoms with van der Waals surface area (Å²) in [6, 6.07) is 1.39. The molecule has 1 aliphatic heterocycles. The van der Waals surface area contributed by atoms with E-state index in [0.29, 0.717) is 0 Å². The molecule has 2 rings (SSSR count). The number of hydrogen-bond donors (Lipinski definition) is 3. The van der Waals surface area contributed by atoms with Gasteiger partial charge in [0.05, 0.1) is 21.9 Å². The van der Waals surface area contributed by atoms with Crippen LogP contribution in [0, 0.1) is 0 Å². The zero-order valence-corrected chi connectivity index (χ0v) is 23.4. The maximum atomic E-state index is 17.0. The van der Waals surface area contributed by atoms with E-state index < -0.39 is 55.8 Å². The summed E-state index contributed by atoms with van der Waals surface area (Å²) in [6.07, 6.45) is -1.32. The molecule has 0 saturated carbocycles. The lowest BCUT2D eigenvalue weighted by molar-refractivity contribution is -0.0764. The van der Waals surface area contributed by atoms with Crippen LogP contribution in [0.1, 0.15) is 54.7 Å². The SMILES string of the molecule is CC(C)(C)[Si](C)(C)C(O)[C@H]1O[C@@H](n2ccc(N)nc2=O)[C@@](C)(F)[C@@]1(O)[Si](C)(C)C(C)(C)C. The minimum absolute atomic E-state index is 0.0160. The van der Waals surface area contributed by atoms with Gasteiger partial charge in [-0.2, -0.15) is 4.98 Å². The molecule has 1 aliphatic rings. The van der Waals surface area contributed by atoms with Crippen molar-refractivity contribution in [1.82, 2.24) is 9.55 Å². The number of halogens is 1. The van der Waals surface area contributed by atoms with Gasteiger partial charge < -0.3 is 20.7 Å². The number of hydrogen-bond acceptors (Lipinski definition) is 6. The van der Waals surface area contributed by atoms with Gasteiger partial charge in [0.15, 0.2) is 11.9 Å². The van der Waals surface area contributed by atoms with Crippen LogP contribution in [0.15, 0.2) is 17.1 Å². The summed E-state index contributed by atoms with van der Waals surface area (Å²) in [5, 5.41) is 21.4. The second-order valence-corrected chi connectivity index (χ2v) is 23.6. The Morgan fingerprint density at radius 1 is 1.19 bits per heavy atom. The average molecular weight is 488 g/mol. The first-order valence-corrected chi connectivity index (χ1v) is 17.2. The number of nitrogen functional groups attached to an aromatic ring is 1. The van der Waals surface area contributed by atoms with Crippen molar-refractivity contribution >= 4 is 22.0 Å². The molecule has 1 aromatic rings. The quantitative estimate of drug-likeness (QED) is 0.559. The molecule has 7 nitrogen and oxygen atoms in total. The van der Waals surface area contributed by atoms with E-state index in [2.05, 4.69) is 4.98 Å². The van der Waals surface area contributed by atoms with Gasteiger partial charge in [0, 0.05) is 6.20 Å². The molecule has 2 heterocycles. The number of nitrogens with two attached hydrogens (primary N) is 1. The number of aliphatic hydroxyl groups is 2. The van der Waals surface area contributed by atoms with E-state index in [1.165, 1.54) is 19.2 Å². The Bertz CT molecular complexity index is 921. The van der Waals surface area contributed by atoms with Crippen molar-refractivity contribution in [2.75, 3.05) is 5.73 Å². The Morgan fingerprint density at radius 3 is 2.09 bits per heavy atom. The van der Waals surface area contributed by atoms with Crippen LogP contribution in [0.5, 0.6) is 0 Å². The number of aliphatic hydroxyl groups excluding tert-OH is 1. The van der Waals surface area contributed by atoms with Crippen molar-refractivity contribution in [1.29, 1.82) is 0 Å². The van der Waals surface area contributed by atoms with Crippen LogP contribution in [0.25, 0.3) is 0 Å². The number of aromatic nitrogens is 2. The Morgan fingerprint density at radius 2 is 1.69 bits per heavy atom. The van der Waals surface area contributed by atoms with Crippen LogP contribution in [-0.4, -0.2) is 58.6 Å². The van der Waals surface area contributed by atoms with Gasteiger partial charge >= 0.3 is 5.69 Å². The molecule has 0 amide bonds. The van der Waals surface area contributed by atoms with Gasteiger partial charge in [0.2, 0.25) is 0 Å². The highest BCUT2D eigenvalue weighted by Gasteiger charge is 2.76. The number of nitrogens with zero attached hydrogens (tertiary/aromatic N) is 2. The summed E-state index contributed by atoms with van der Waals surface area (Å²) in [5.74, 6) is 0.0160. The van der Waals surface area contributed by atoms with E-state index in [1.807, 2.05) is 67.7 Å². The van der Waals surface area contributed by atoms with Crippen LogP contribution < -0.4 is 11.4 Å². The number of rotatable bonds is 4. The largest absolute Gasteiger partial charge is 0.394 e. The summed E-state index contributed by atoms with van der Waals surface area (Å²) >= 11 is 0. The smallest absolute Gasteiger partial charge is 0.351 e. The van der Waals surface area contributed by atoms with Crippen LogP contribution in [0.2, 0.25) is 36.3 Å². The lowest BCUT2D eigenvalue weighted by atomic mass is 9.97. The zero-order chi connectivity index (χ0) is 25.3. The fourth-order valence-electron chi connectivity index (χ4n) is 4.43. The number of ether oxygens (including phenoxy) is 1. The van der Waals surface area contributed by atoms with Crippen molar-refractivity contribution in [2.45, 2.75) is 114 Å². The van der Waals surface area contributed by atoms with Crippen molar-refractivity contribution < 1.29 is 19.3 Å². The minimum Gasteiger partial charge on any atom is -0.394 e. The molecule has 1 aromatic heterocycles. The predicted molar refractivity (Wildman–Crippen MR) is 132 cm³/mol. The van der Waals surface area contributed by atoms with Gasteiger partial charge in [0.1, 0.15) is 17.1 Å². The van der Waals surface area contributed by atoms with Crippen molar-refractivity contribution in [2.24, 2.45) is 0 Å². The molecule has 1 fully saturated rings. The Hall–Kier alpha value is -1.08. The van der Waals surface area contributed by atoms with E-state index in [0.717, 1.165) is 4.57 Å². The molecule has 0 bridgehead atoms. The van der Waals surface area contributed by atoms with Gasteiger partial charge in [-0.15, -0.1) is 0 Å². The van der Waals surface area contributed by atoms with Gasteiger partial charge in [0.25, 0.3) is 0 Å². The second kappa shape index (κ2) is 7.73. The average Bonchev–Trinajstić information content (AvgIpc) is 2.80.